The highest BCUT2D eigenvalue weighted by Gasteiger charge is 2.16. The Morgan fingerprint density at radius 2 is 1.92 bits per heavy atom. The van der Waals surface area contributed by atoms with Gasteiger partial charge in [0.2, 0.25) is 0 Å². The first kappa shape index (κ1) is 20.7. The largest absolute Gasteiger partial charge is 0.432 e. The van der Waals surface area contributed by atoms with Gasteiger partial charge in [-0.25, -0.2) is 9.68 Å². The minimum absolute atomic E-state index is 0.0395. The lowest BCUT2D eigenvalue weighted by atomic mass is 10.2. The molecule has 0 aliphatic carbocycles. The second-order valence-electron chi connectivity index (χ2n) is 4.13. The van der Waals surface area contributed by atoms with Gasteiger partial charge < -0.3 is 13.7 Å². The first-order chi connectivity index (χ1) is 11.4. The molecular formula is C13H18O9S2. The normalized spacial score (nSPS) is 12.6. The minimum Gasteiger partial charge on any atom is -0.432 e. The summed E-state index contributed by atoms with van der Waals surface area (Å²) in [5.74, 6) is -0.552. The summed E-state index contributed by atoms with van der Waals surface area (Å²) >= 11 is 0.475. The van der Waals surface area contributed by atoms with E-state index in [0.29, 0.717) is 18.6 Å². The first-order valence-corrected chi connectivity index (χ1v) is 9.20. The summed E-state index contributed by atoms with van der Waals surface area (Å²) in [6.07, 6.45) is -0.676. The molecule has 0 radical (unpaired) electrons. The molecule has 0 spiro atoms. The molecule has 0 bridgehead atoms. The van der Waals surface area contributed by atoms with Gasteiger partial charge in [-0.05, 0) is 38.1 Å². The van der Waals surface area contributed by atoms with Crippen molar-refractivity contribution in [1.29, 1.82) is 0 Å². The van der Waals surface area contributed by atoms with Crippen LogP contribution in [0.5, 0.6) is 5.75 Å². The Balaban J connectivity index is 2.56. The lowest BCUT2D eigenvalue weighted by Gasteiger charge is -2.12. The second kappa shape index (κ2) is 10.5. The van der Waals surface area contributed by atoms with E-state index >= 15 is 0 Å². The van der Waals surface area contributed by atoms with Crippen LogP contribution < -0.4 is 4.18 Å². The summed E-state index contributed by atoms with van der Waals surface area (Å²) in [7, 11) is -2.71. The molecule has 1 aromatic carbocycles. The number of rotatable bonds is 11. The molecular weight excluding hydrogens is 364 g/mol. The van der Waals surface area contributed by atoms with Crippen LogP contribution in [0.15, 0.2) is 24.3 Å². The Bertz CT molecular complexity index is 600. The van der Waals surface area contributed by atoms with Crippen molar-refractivity contribution in [1.82, 2.24) is 0 Å². The molecule has 0 aromatic heterocycles. The van der Waals surface area contributed by atoms with Crippen molar-refractivity contribution in [2.45, 2.75) is 20.1 Å². The lowest BCUT2D eigenvalue weighted by Crippen LogP contribution is -2.18. The number of hydrogen-bond donors (Lipinski definition) is 0. The predicted octanol–water partition coefficient (Wildman–Crippen LogP) is 2.05. The van der Waals surface area contributed by atoms with Gasteiger partial charge in [0.1, 0.15) is 5.75 Å². The van der Waals surface area contributed by atoms with Crippen molar-refractivity contribution in [2.24, 2.45) is 0 Å². The molecule has 9 nitrogen and oxygen atoms in total. The Morgan fingerprint density at radius 1 is 1.25 bits per heavy atom. The van der Waals surface area contributed by atoms with E-state index in [1.54, 1.807) is 13.8 Å². The minimum atomic E-state index is -3.91. The molecule has 0 heterocycles. The summed E-state index contributed by atoms with van der Waals surface area (Å²) in [6.45, 7) is 3.79. The Morgan fingerprint density at radius 3 is 2.50 bits per heavy atom. The SMILES string of the molecule is CCOC(C)OC(=O)c1ccc(OS(=O)(=O)CSOOOC)cc1. The average molecular weight is 382 g/mol. The summed E-state index contributed by atoms with van der Waals surface area (Å²) in [5, 5.41) is 3.53. The van der Waals surface area contributed by atoms with E-state index in [1.807, 2.05) is 0 Å². The number of hydrogen-bond acceptors (Lipinski definition) is 10. The highest BCUT2D eigenvalue weighted by atomic mass is 32.3. The van der Waals surface area contributed by atoms with Gasteiger partial charge in [-0.15, -0.1) is 4.33 Å². The monoisotopic (exact) mass is 382 g/mol. The van der Waals surface area contributed by atoms with E-state index < -0.39 is 27.5 Å². The van der Waals surface area contributed by atoms with Crippen LogP contribution >= 0.6 is 12.0 Å². The van der Waals surface area contributed by atoms with E-state index in [4.69, 9.17) is 13.7 Å². The predicted molar refractivity (Wildman–Crippen MR) is 84.1 cm³/mol. The van der Waals surface area contributed by atoms with Crippen molar-refractivity contribution in [3.05, 3.63) is 29.8 Å². The third-order valence-electron chi connectivity index (χ3n) is 2.32. The van der Waals surface area contributed by atoms with Gasteiger partial charge >= 0.3 is 16.1 Å². The first-order valence-electron chi connectivity index (χ1n) is 6.71. The van der Waals surface area contributed by atoms with Crippen molar-refractivity contribution in [3.63, 3.8) is 0 Å². The third-order valence-corrected chi connectivity index (χ3v) is 4.46. The summed E-state index contributed by atoms with van der Waals surface area (Å²) < 4.78 is 42.6. The zero-order valence-corrected chi connectivity index (χ0v) is 14.9. The molecule has 0 N–H and O–H groups in total. The number of carbonyl (C=O) groups excluding carboxylic acids is 1. The Hall–Kier alpha value is -1.37. The van der Waals surface area contributed by atoms with E-state index in [0.717, 1.165) is 0 Å². The zero-order chi connectivity index (χ0) is 18.0. The molecule has 1 unspecified atom stereocenters. The molecule has 1 atom stereocenters. The molecule has 1 rings (SSSR count). The fourth-order valence-electron chi connectivity index (χ4n) is 1.43. The van der Waals surface area contributed by atoms with Crippen LogP contribution in [0.2, 0.25) is 0 Å². The van der Waals surface area contributed by atoms with Gasteiger partial charge in [-0.2, -0.15) is 8.42 Å². The van der Waals surface area contributed by atoms with E-state index in [9.17, 15) is 13.2 Å². The van der Waals surface area contributed by atoms with Gasteiger partial charge in [0.05, 0.1) is 24.7 Å². The maximum absolute atomic E-state index is 11.8. The highest BCUT2D eigenvalue weighted by molar-refractivity contribution is 8.08. The topological polar surface area (TPSA) is 107 Å². The lowest BCUT2D eigenvalue weighted by molar-refractivity contribution is -0.447. The quantitative estimate of drug-likeness (QED) is 0.107. The molecule has 0 aliphatic rings. The van der Waals surface area contributed by atoms with Crippen LogP contribution in [0, 0.1) is 0 Å². The summed E-state index contributed by atoms with van der Waals surface area (Å²) in [4.78, 5) is 15.9. The van der Waals surface area contributed by atoms with Crippen LogP contribution in [0.3, 0.4) is 0 Å². The van der Waals surface area contributed by atoms with Crippen molar-refractivity contribution in [2.75, 3.05) is 18.8 Å². The number of esters is 1. The molecule has 11 heteroatoms. The molecule has 0 amide bonds. The van der Waals surface area contributed by atoms with E-state index in [1.165, 1.54) is 31.4 Å². The van der Waals surface area contributed by atoms with Crippen LogP contribution in [0.1, 0.15) is 24.2 Å². The maximum Gasteiger partial charge on any atom is 0.340 e. The molecule has 0 aliphatic heterocycles. The van der Waals surface area contributed by atoms with Gasteiger partial charge in [-0.1, -0.05) is 5.04 Å². The maximum atomic E-state index is 11.8. The van der Waals surface area contributed by atoms with Crippen LogP contribution in [-0.2, 0) is 33.9 Å². The zero-order valence-electron chi connectivity index (χ0n) is 13.3. The fraction of sp³-hybridized carbons (Fsp3) is 0.462. The Labute approximate surface area is 144 Å². The molecule has 1 aromatic rings. The van der Waals surface area contributed by atoms with Crippen LogP contribution in [0.25, 0.3) is 0 Å². The highest BCUT2D eigenvalue weighted by Crippen LogP contribution is 2.18. The molecule has 0 fully saturated rings. The smallest absolute Gasteiger partial charge is 0.340 e. The van der Waals surface area contributed by atoms with Crippen LogP contribution in [0.4, 0.5) is 0 Å². The van der Waals surface area contributed by atoms with Gasteiger partial charge in [0.25, 0.3) is 0 Å². The summed E-state index contributed by atoms with van der Waals surface area (Å²) in [5.41, 5.74) is 0.234. The number of carbonyl (C=O) groups is 1. The molecule has 0 saturated heterocycles. The van der Waals surface area contributed by atoms with Gasteiger partial charge in [0, 0.05) is 6.61 Å². The number of benzene rings is 1. The second-order valence-corrected chi connectivity index (χ2v) is 6.73. The van der Waals surface area contributed by atoms with Gasteiger partial charge in [-0.3, -0.25) is 0 Å². The van der Waals surface area contributed by atoms with E-state index in [2.05, 4.69) is 14.3 Å². The Kier molecular flexibility index (Phi) is 9.03. The fourth-order valence-corrected chi connectivity index (χ4v) is 2.75. The molecule has 0 saturated carbocycles. The van der Waals surface area contributed by atoms with Crippen molar-refractivity contribution < 1.29 is 41.1 Å². The summed E-state index contributed by atoms with van der Waals surface area (Å²) in [6, 6.07) is 5.42. The van der Waals surface area contributed by atoms with Crippen LogP contribution in [-0.4, -0.2) is 39.5 Å². The average Bonchev–Trinajstić information content (AvgIpc) is 2.52. The standard InChI is InChI=1S/C13H18O9S2/c1-4-18-10(2)19-13(14)11-5-7-12(8-6-11)20-24(15,16)9-23-22-21-17-3/h5-8,10H,4,9H2,1-3H3. The molecule has 24 heavy (non-hydrogen) atoms. The third kappa shape index (κ3) is 7.95. The van der Waals surface area contributed by atoms with Gasteiger partial charge in [0.15, 0.2) is 11.4 Å². The molecule has 136 valence electrons. The van der Waals surface area contributed by atoms with Crippen molar-refractivity contribution in [3.8, 4) is 5.75 Å². The van der Waals surface area contributed by atoms with Crippen molar-refractivity contribution >= 4 is 28.1 Å². The van der Waals surface area contributed by atoms with E-state index in [-0.39, 0.29) is 11.3 Å². The number of ether oxygens (including phenoxy) is 2.